The molecule has 1 aromatic rings. The van der Waals surface area contributed by atoms with Gasteiger partial charge in [-0.15, -0.1) is 0 Å². The molecule has 0 aromatic heterocycles. The molecule has 2 N–H and O–H groups in total. The van der Waals surface area contributed by atoms with Crippen molar-refractivity contribution in [1.29, 1.82) is 0 Å². The number of rotatable bonds is 5. The summed E-state index contributed by atoms with van der Waals surface area (Å²) in [6.07, 6.45) is 0.730. The molecular formula is C13H20N2O3S. The molecule has 1 saturated heterocycles. The van der Waals surface area contributed by atoms with E-state index >= 15 is 0 Å². The first-order valence-corrected chi connectivity index (χ1v) is 7.88. The number of sulfonamides is 1. The van der Waals surface area contributed by atoms with Crippen molar-refractivity contribution in [2.45, 2.75) is 30.3 Å². The summed E-state index contributed by atoms with van der Waals surface area (Å²) in [5.74, 6) is 0. The maximum Gasteiger partial charge on any atom is 0.240 e. The summed E-state index contributed by atoms with van der Waals surface area (Å²) in [6.45, 7) is 3.09. The summed E-state index contributed by atoms with van der Waals surface area (Å²) >= 11 is 0. The van der Waals surface area contributed by atoms with Crippen molar-refractivity contribution >= 4 is 10.0 Å². The quantitative estimate of drug-likeness (QED) is 0.847. The highest BCUT2D eigenvalue weighted by atomic mass is 32.2. The van der Waals surface area contributed by atoms with E-state index in [2.05, 4.69) is 10.0 Å². The Morgan fingerprint density at radius 3 is 2.53 bits per heavy atom. The average Bonchev–Trinajstić information content (AvgIpc) is 2.90. The molecule has 1 heterocycles. The fourth-order valence-electron chi connectivity index (χ4n) is 2.02. The Bertz CT molecular complexity index is 507. The molecule has 6 heteroatoms. The lowest BCUT2D eigenvalue weighted by Gasteiger charge is -2.13. The summed E-state index contributed by atoms with van der Waals surface area (Å²) in [5, 5.41) is 3.12. The van der Waals surface area contributed by atoms with Gasteiger partial charge in [0.05, 0.1) is 11.5 Å². The van der Waals surface area contributed by atoms with E-state index in [0.717, 1.165) is 12.0 Å². The largest absolute Gasteiger partial charge is 0.380 e. The monoisotopic (exact) mass is 284 g/mol. The third-order valence-electron chi connectivity index (χ3n) is 3.37. The van der Waals surface area contributed by atoms with Gasteiger partial charge in [-0.1, -0.05) is 12.1 Å². The molecule has 0 radical (unpaired) electrons. The molecule has 2 unspecified atom stereocenters. The molecule has 0 bridgehead atoms. The van der Waals surface area contributed by atoms with Crippen LogP contribution < -0.4 is 10.0 Å². The second-order valence-corrected chi connectivity index (χ2v) is 6.48. The minimum atomic E-state index is -3.44. The standard InChI is InChI=1S/C13H20N2O3S/c1-10(14-2)11-3-5-13(6-4-11)19(16,17)15-12-7-8-18-9-12/h3-6,10,12,14-15H,7-9H2,1-2H3. The molecule has 0 amide bonds. The van der Waals surface area contributed by atoms with Crippen LogP contribution in [0.15, 0.2) is 29.2 Å². The second kappa shape index (κ2) is 6.00. The van der Waals surface area contributed by atoms with Crippen molar-refractivity contribution in [2.75, 3.05) is 20.3 Å². The summed E-state index contributed by atoms with van der Waals surface area (Å²) < 4.78 is 32.1. The van der Waals surface area contributed by atoms with E-state index in [1.54, 1.807) is 12.1 Å². The predicted molar refractivity (Wildman–Crippen MR) is 73.5 cm³/mol. The van der Waals surface area contributed by atoms with Crippen LogP contribution in [-0.2, 0) is 14.8 Å². The molecule has 2 rings (SSSR count). The second-order valence-electron chi connectivity index (χ2n) is 4.76. The highest BCUT2D eigenvalue weighted by molar-refractivity contribution is 7.89. The van der Waals surface area contributed by atoms with Crippen molar-refractivity contribution < 1.29 is 13.2 Å². The van der Waals surface area contributed by atoms with E-state index in [-0.39, 0.29) is 12.1 Å². The molecule has 5 nitrogen and oxygen atoms in total. The Labute approximate surface area is 114 Å². The molecule has 1 aliphatic heterocycles. The first kappa shape index (κ1) is 14.5. The van der Waals surface area contributed by atoms with E-state index in [1.807, 2.05) is 26.1 Å². The van der Waals surface area contributed by atoms with Gasteiger partial charge in [-0.05, 0) is 38.1 Å². The van der Waals surface area contributed by atoms with Crippen LogP contribution in [0.25, 0.3) is 0 Å². The van der Waals surface area contributed by atoms with Gasteiger partial charge in [-0.3, -0.25) is 0 Å². The van der Waals surface area contributed by atoms with E-state index in [0.29, 0.717) is 18.1 Å². The van der Waals surface area contributed by atoms with Gasteiger partial charge >= 0.3 is 0 Å². The lowest BCUT2D eigenvalue weighted by molar-refractivity contribution is 0.192. The van der Waals surface area contributed by atoms with Crippen LogP contribution in [-0.4, -0.2) is 34.7 Å². The minimum absolute atomic E-state index is 0.110. The fraction of sp³-hybridized carbons (Fsp3) is 0.538. The third-order valence-corrected chi connectivity index (χ3v) is 4.91. The molecule has 1 fully saturated rings. The van der Waals surface area contributed by atoms with E-state index in [4.69, 9.17) is 4.74 Å². The number of benzene rings is 1. The van der Waals surface area contributed by atoms with Crippen molar-refractivity contribution in [3.05, 3.63) is 29.8 Å². The Hall–Kier alpha value is -0.950. The summed E-state index contributed by atoms with van der Waals surface area (Å²) in [5.41, 5.74) is 1.06. The Kier molecular flexibility index (Phi) is 4.57. The van der Waals surface area contributed by atoms with Crippen LogP contribution in [0.2, 0.25) is 0 Å². The fourth-order valence-corrected chi connectivity index (χ4v) is 3.27. The smallest absolute Gasteiger partial charge is 0.240 e. The lowest BCUT2D eigenvalue weighted by atomic mass is 10.1. The zero-order chi connectivity index (χ0) is 13.9. The Morgan fingerprint density at radius 2 is 2.00 bits per heavy atom. The lowest BCUT2D eigenvalue weighted by Crippen LogP contribution is -2.35. The first-order chi connectivity index (χ1) is 9.03. The van der Waals surface area contributed by atoms with Crippen molar-refractivity contribution in [3.63, 3.8) is 0 Å². The summed E-state index contributed by atoms with van der Waals surface area (Å²) in [7, 11) is -1.57. The minimum Gasteiger partial charge on any atom is -0.380 e. The normalized spacial score (nSPS) is 21.5. The van der Waals surface area contributed by atoms with Crippen molar-refractivity contribution in [3.8, 4) is 0 Å². The molecule has 0 aliphatic carbocycles. The Morgan fingerprint density at radius 1 is 1.32 bits per heavy atom. The topological polar surface area (TPSA) is 67.4 Å². The number of ether oxygens (including phenoxy) is 1. The van der Waals surface area contributed by atoms with Gasteiger partial charge in [0.15, 0.2) is 0 Å². The number of nitrogens with one attached hydrogen (secondary N) is 2. The molecule has 2 atom stereocenters. The van der Waals surface area contributed by atoms with Gasteiger partial charge in [0.2, 0.25) is 10.0 Å². The molecule has 1 aromatic carbocycles. The molecule has 1 aliphatic rings. The summed E-state index contributed by atoms with van der Waals surface area (Å²) in [4.78, 5) is 0.298. The van der Waals surface area contributed by atoms with Gasteiger partial charge in [0, 0.05) is 18.7 Å². The average molecular weight is 284 g/mol. The van der Waals surface area contributed by atoms with E-state index in [1.165, 1.54) is 0 Å². The van der Waals surface area contributed by atoms with Crippen molar-refractivity contribution in [1.82, 2.24) is 10.0 Å². The van der Waals surface area contributed by atoms with Gasteiger partial charge in [-0.25, -0.2) is 13.1 Å². The van der Waals surface area contributed by atoms with Crippen LogP contribution in [0.3, 0.4) is 0 Å². The molecule has 19 heavy (non-hydrogen) atoms. The number of hydrogen-bond donors (Lipinski definition) is 2. The van der Waals surface area contributed by atoms with Crippen molar-refractivity contribution in [2.24, 2.45) is 0 Å². The van der Waals surface area contributed by atoms with Gasteiger partial charge in [0.1, 0.15) is 0 Å². The van der Waals surface area contributed by atoms with Crippen LogP contribution in [0.5, 0.6) is 0 Å². The van der Waals surface area contributed by atoms with Crippen LogP contribution >= 0.6 is 0 Å². The predicted octanol–water partition coefficient (Wildman–Crippen LogP) is 1.03. The highest BCUT2D eigenvalue weighted by Crippen LogP contribution is 2.17. The maximum atomic E-state index is 12.2. The maximum absolute atomic E-state index is 12.2. The summed E-state index contributed by atoms with van der Waals surface area (Å²) in [6, 6.07) is 7.04. The Balaban J connectivity index is 2.11. The zero-order valence-corrected chi connectivity index (χ0v) is 12.0. The van der Waals surface area contributed by atoms with E-state index < -0.39 is 10.0 Å². The zero-order valence-electron chi connectivity index (χ0n) is 11.2. The SMILES string of the molecule is CNC(C)c1ccc(S(=O)(=O)NC2CCOC2)cc1. The van der Waals surface area contributed by atoms with Crippen LogP contribution in [0, 0.1) is 0 Å². The molecule has 0 saturated carbocycles. The van der Waals surface area contributed by atoms with Crippen LogP contribution in [0.1, 0.15) is 24.9 Å². The molecular weight excluding hydrogens is 264 g/mol. The van der Waals surface area contributed by atoms with Crippen LogP contribution in [0.4, 0.5) is 0 Å². The van der Waals surface area contributed by atoms with Gasteiger partial charge < -0.3 is 10.1 Å². The number of hydrogen-bond acceptors (Lipinski definition) is 4. The van der Waals surface area contributed by atoms with Gasteiger partial charge in [0.25, 0.3) is 0 Å². The first-order valence-electron chi connectivity index (χ1n) is 6.40. The molecule has 106 valence electrons. The third kappa shape index (κ3) is 3.54. The molecule has 0 spiro atoms. The highest BCUT2D eigenvalue weighted by Gasteiger charge is 2.23. The van der Waals surface area contributed by atoms with E-state index in [9.17, 15) is 8.42 Å². The van der Waals surface area contributed by atoms with Gasteiger partial charge in [-0.2, -0.15) is 0 Å².